The first kappa shape index (κ1) is 12.2. The van der Waals surface area contributed by atoms with Crippen LogP contribution in [0, 0.1) is 5.41 Å². The molecule has 1 heterocycles. The van der Waals surface area contributed by atoms with Gasteiger partial charge in [-0.2, -0.15) is 0 Å². The standard InChI is InChI=1S/C12H16ClN3O/c1-2-12(3-4-12)7-16-11(17)8-5-10(13)15-6-9(8)14/h5-6H,2-4,7,14H2,1H3,(H,16,17). The lowest BCUT2D eigenvalue weighted by atomic mass is 10.0. The van der Waals surface area contributed by atoms with Crippen molar-refractivity contribution >= 4 is 23.2 Å². The summed E-state index contributed by atoms with van der Waals surface area (Å²) in [4.78, 5) is 15.8. The SMILES string of the molecule is CCC1(CNC(=O)c2cc(Cl)ncc2N)CC1. The number of hydrogen-bond donors (Lipinski definition) is 2. The van der Waals surface area contributed by atoms with Crippen LogP contribution in [0.5, 0.6) is 0 Å². The van der Waals surface area contributed by atoms with Gasteiger partial charge in [-0.3, -0.25) is 4.79 Å². The first-order chi connectivity index (χ1) is 8.06. The molecular formula is C12H16ClN3O. The van der Waals surface area contributed by atoms with Crippen molar-refractivity contribution in [1.29, 1.82) is 0 Å². The number of pyridine rings is 1. The smallest absolute Gasteiger partial charge is 0.253 e. The molecule has 0 bridgehead atoms. The molecule has 0 spiro atoms. The Balaban J connectivity index is 2.02. The molecular weight excluding hydrogens is 238 g/mol. The Morgan fingerprint density at radius 1 is 1.65 bits per heavy atom. The van der Waals surface area contributed by atoms with E-state index in [0.717, 1.165) is 6.42 Å². The van der Waals surface area contributed by atoms with E-state index in [0.29, 0.717) is 23.2 Å². The molecule has 0 radical (unpaired) electrons. The van der Waals surface area contributed by atoms with E-state index >= 15 is 0 Å². The van der Waals surface area contributed by atoms with E-state index < -0.39 is 0 Å². The van der Waals surface area contributed by atoms with Crippen molar-refractivity contribution in [3.63, 3.8) is 0 Å². The molecule has 0 aliphatic heterocycles. The highest BCUT2D eigenvalue weighted by Crippen LogP contribution is 2.47. The van der Waals surface area contributed by atoms with Crippen LogP contribution >= 0.6 is 11.6 Å². The highest BCUT2D eigenvalue weighted by atomic mass is 35.5. The Kier molecular flexibility index (Phi) is 3.24. The average molecular weight is 254 g/mol. The Morgan fingerprint density at radius 2 is 2.35 bits per heavy atom. The lowest BCUT2D eigenvalue weighted by molar-refractivity contribution is 0.0945. The second kappa shape index (κ2) is 4.53. The summed E-state index contributed by atoms with van der Waals surface area (Å²) in [6, 6.07) is 1.50. The van der Waals surface area contributed by atoms with Gasteiger partial charge in [0.1, 0.15) is 5.15 Å². The molecule has 17 heavy (non-hydrogen) atoms. The van der Waals surface area contributed by atoms with Crippen LogP contribution in [0.25, 0.3) is 0 Å². The van der Waals surface area contributed by atoms with Crippen molar-refractivity contribution in [2.75, 3.05) is 12.3 Å². The van der Waals surface area contributed by atoms with Crippen molar-refractivity contribution in [2.24, 2.45) is 5.41 Å². The van der Waals surface area contributed by atoms with E-state index in [1.807, 2.05) is 0 Å². The summed E-state index contributed by atoms with van der Waals surface area (Å²) in [5, 5.41) is 3.19. The largest absolute Gasteiger partial charge is 0.397 e. The summed E-state index contributed by atoms with van der Waals surface area (Å²) in [5.41, 5.74) is 6.77. The van der Waals surface area contributed by atoms with E-state index in [2.05, 4.69) is 17.2 Å². The van der Waals surface area contributed by atoms with Crippen LogP contribution in [0.15, 0.2) is 12.3 Å². The fourth-order valence-corrected chi connectivity index (χ4v) is 1.99. The third-order valence-electron chi connectivity index (χ3n) is 3.48. The van der Waals surface area contributed by atoms with Crippen LogP contribution in [-0.4, -0.2) is 17.4 Å². The molecule has 0 saturated heterocycles. The van der Waals surface area contributed by atoms with Gasteiger partial charge in [0.15, 0.2) is 0 Å². The summed E-state index contributed by atoms with van der Waals surface area (Å²) >= 11 is 5.74. The Labute approximate surface area is 106 Å². The van der Waals surface area contributed by atoms with E-state index in [-0.39, 0.29) is 11.1 Å². The molecule has 0 aromatic carbocycles. The molecule has 1 aromatic heterocycles. The first-order valence-corrected chi connectivity index (χ1v) is 6.13. The number of rotatable bonds is 4. The molecule has 1 saturated carbocycles. The summed E-state index contributed by atoms with van der Waals surface area (Å²) in [5.74, 6) is -0.175. The third kappa shape index (κ3) is 2.69. The lowest BCUT2D eigenvalue weighted by Crippen LogP contribution is -2.30. The van der Waals surface area contributed by atoms with E-state index in [1.165, 1.54) is 25.1 Å². The molecule has 5 heteroatoms. The van der Waals surface area contributed by atoms with Gasteiger partial charge in [0, 0.05) is 6.54 Å². The van der Waals surface area contributed by atoms with Crippen molar-refractivity contribution in [1.82, 2.24) is 10.3 Å². The van der Waals surface area contributed by atoms with E-state index in [4.69, 9.17) is 17.3 Å². The molecule has 92 valence electrons. The average Bonchev–Trinajstić information content (AvgIpc) is 3.10. The minimum absolute atomic E-state index is 0.175. The first-order valence-electron chi connectivity index (χ1n) is 5.75. The highest BCUT2D eigenvalue weighted by molar-refractivity contribution is 6.29. The van der Waals surface area contributed by atoms with Crippen molar-refractivity contribution < 1.29 is 4.79 Å². The highest BCUT2D eigenvalue weighted by Gasteiger charge is 2.40. The zero-order valence-electron chi connectivity index (χ0n) is 9.79. The monoisotopic (exact) mass is 253 g/mol. The molecule has 4 nitrogen and oxygen atoms in total. The molecule has 1 aliphatic carbocycles. The summed E-state index contributed by atoms with van der Waals surface area (Å²) in [6.45, 7) is 2.86. The molecule has 2 rings (SSSR count). The minimum atomic E-state index is -0.175. The van der Waals surface area contributed by atoms with Crippen molar-refractivity contribution in [3.05, 3.63) is 23.0 Å². The topological polar surface area (TPSA) is 68.0 Å². The van der Waals surface area contributed by atoms with Crippen LogP contribution in [0.4, 0.5) is 5.69 Å². The van der Waals surface area contributed by atoms with Crippen molar-refractivity contribution in [2.45, 2.75) is 26.2 Å². The maximum atomic E-state index is 11.9. The number of nitrogens with one attached hydrogen (secondary N) is 1. The third-order valence-corrected chi connectivity index (χ3v) is 3.68. The number of anilines is 1. The molecule has 1 amide bonds. The summed E-state index contributed by atoms with van der Waals surface area (Å²) in [6.07, 6.45) is 4.89. The normalized spacial score (nSPS) is 16.6. The number of nitrogens with two attached hydrogens (primary N) is 1. The van der Waals surface area contributed by atoms with Gasteiger partial charge in [0.05, 0.1) is 17.4 Å². The van der Waals surface area contributed by atoms with Crippen LogP contribution in [0.3, 0.4) is 0 Å². The Bertz CT molecular complexity index is 443. The van der Waals surface area contributed by atoms with Crippen LogP contribution in [0.2, 0.25) is 5.15 Å². The van der Waals surface area contributed by atoms with E-state index in [9.17, 15) is 4.79 Å². The predicted molar refractivity (Wildman–Crippen MR) is 68.0 cm³/mol. The Hall–Kier alpha value is -1.29. The zero-order valence-corrected chi connectivity index (χ0v) is 10.5. The molecule has 1 aromatic rings. The molecule has 1 aliphatic rings. The number of aromatic nitrogens is 1. The summed E-state index contributed by atoms with van der Waals surface area (Å²) in [7, 11) is 0. The van der Waals surface area contributed by atoms with Crippen LogP contribution in [-0.2, 0) is 0 Å². The molecule has 0 unspecified atom stereocenters. The van der Waals surface area contributed by atoms with Gasteiger partial charge >= 0.3 is 0 Å². The zero-order chi connectivity index (χ0) is 12.5. The second-order valence-electron chi connectivity index (χ2n) is 4.63. The minimum Gasteiger partial charge on any atom is -0.397 e. The van der Waals surface area contributed by atoms with Gasteiger partial charge < -0.3 is 11.1 Å². The number of halogens is 1. The maximum Gasteiger partial charge on any atom is 0.253 e. The Morgan fingerprint density at radius 3 is 2.94 bits per heavy atom. The lowest BCUT2D eigenvalue weighted by Gasteiger charge is -2.14. The second-order valence-corrected chi connectivity index (χ2v) is 5.02. The number of amides is 1. The number of carbonyl (C=O) groups excluding carboxylic acids is 1. The number of nitrogen functional groups attached to an aromatic ring is 1. The fraction of sp³-hybridized carbons (Fsp3) is 0.500. The van der Waals surface area contributed by atoms with Gasteiger partial charge in [0.2, 0.25) is 0 Å². The fourth-order valence-electron chi connectivity index (χ4n) is 1.83. The summed E-state index contributed by atoms with van der Waals surface area (Å²) < 4.78 is 0. The van der Waals surface area contributed by atoms with Crippen LogP contribution < -0.4 is 11.1 Å². The molecule has 1 fully saturated rings. The number of carbonyl (C=O) groups is 1. The quantitative estimate of drug-likeness (QED) is 0.809. The number of hydrogen-bond acceptors (Lipinski definition) is 3. The molecule has 0 atom stereocenters. The van der Waals surface area contributed by atoms with Crippen LogP contribution in [0.1, 0.15) is 36.5 Å². The van der Waals surface area contributed by atoms with Gasteiger partial charge in [-0.1, -0.05) is 18.5 Å². The molecule has 3 N–H and O–H groups in total. The number of nitrogens with zero attached hydrogens (tertiary/aromatic N) is 1. The van der Waals surface area contributed by atoms with E-state index in [1.54, 1.807) is 0 Å². The van der Waals surface area contributed by atoms with Gasteiger partial charge in [0.25, 0.3) is 5.91 Å². The van der Waals surface area contributed by atoms with Gasteiger partial charge in [-0.15, -0.1) is 0 Å². The van der Waals surface area contributed by atoms with Crippen molar-refractivity contribution in [3.8, 4) is 0 Å². The van der Waals surface area contributed by atoms with Gasteiger partial charge in [-0.05, 0) is 30.7 Å². The predicted octanol–water partition coefficient (Wildman–Crippen LogP) is 2.24. The maximum absolute atomic E-state index is 11.9. The van der Waals surface area contributed by atoms with Gasteiger partial charge in [-0.25, -0.2) is 4.98 Å².